The first kappa shape index (κ1) is 27.1. The van der Waals surface area contributed by atoms with Crippen molar-refractivity contribution in [3.63, 3.8) is 0 Å². The Kier molecular flexibility index (Phi) is 15.1. The Labute approximate surface area is 173 Å². The zero-order valence-electron chi connectivity index (χ0n) is 15.0. The predicted octanol–water partition coefficient (Wildman–Crippen LogP) is 1.94. The van der Waals surface area contributed by atoms with Gasteiger partial charge < -0.3 is 9.47 Å². The third-order valence-electron chi connectivity index (χ3n) is 4.23. The SMILES string of the molecule is CCC(CC)COC(=O)CC(C(=O)OCC(CC)CC)S(=O)(=O)O.[NaH]. The summed E-state index contributed by atoms with van der Waals surface area (Å²) in [6.45, 7) is 7.99. The van der Waals surface area contributed by atoms with Crippen molar-refractivity contribution in [1.82, 2.24) is 0 Å². The molecule has 0 aliphatic rings. The van der Waals surface area contributed by atoms with E-state index in [0.717, 1.165) is 25.7 Å². The molecule has 7 nitrogen and oxygen atoms in total. The van der Waals surface area contributed by atoms with Crippen molar-refractivity contribution in [1.29, 1.82) is 0 Å². The van der Waals surface area contributed by atoms with Gasteiger partial charge in [-0.1, -0.05) is 53.4 Å². The summed E-state index contributed by atoms with van der Waals surface area (Å²) in [7, 11) is -4.75. The second-order valence-corrected chi connectivity index (χ2v) is 7.48. The first-order valence-electron chi connectivity index (χ1n) is 8.47. The molecule has 0 aromatic heterocycles. The molecule has 0 fully saturated rings. The summed E-state index contributed by atoms with van der Waals surface area (Å²) < 4.78 is 42.0. The van der Waals surface area contributed by atoms with E-state index in [1.54, 1.807) is 0 Å². The van der Waals surface area contributed by atoms with Gasteiger partial charge in [0.25, 0.3) is 10.1 Å². The van der Waals surface area contributed by atoms with Crippen LogP contribution >= 0.6 is 0 Å². The second-order valence-electron chi connectivity index (χ2n) is 5.89. The van der Waals surface area contributed by atoms with Crippen molar-refractivity contribution in [2.75, 3.05) is 13.2 Å². The molecular weight excluding hydrogens is 359 g/mol. The quantitative estimate of drug-likeness (QED) is 0.308. The monoisotopic (exact) mass is 390 g/mol. The van der Waals surface area contributed by atoms with Crippen molar-refractivity contribution in [3.8, 4) is 0 Å². The number of hydrogen-bond donors (Lipinski definition) is 1. The zero-order chi connectivity index (χ0) is 18.8. The molecule has 0 radical (unpaired) electrons. The molecule has 0 saturated heterocycles. The average Bonchev–Trinajstić information content (AvgIpc) is 2.53. The molecule has 0 bridgehead atoms. The van der Waals surface area contributed by atoms with E-state index in [9.17, 15) is 22.6 Å². The van der Waals surface area contributed by atoms with Crippen LogP contribution in [0.25, 0.3) is 0 Å². The molecule has 0 aromatic rings. The topological polar surface area (TPSA) is 107 Å². The minimum absolute atomic E-state index is 0. The van der Waals surface area contributed by atoms with Gasteiger partial charge in [0.1, 0.15) is 0 Å². The number of hydrogen-bond acceptors (Lipinski definition) is 6. The Hall–Kier alpha value is -0.150. The predicted molar refractivity (Wildman–Crippen MR) is 97.2 cm³/mol. The van der Waals surface area contributed by atoms with E-state index in [1.807, 2.05) is 27.7 Å². The fourth-order valence-corrected chi connectivity index (χ4v) is 2.73. The van der Waals surface area contributed by atoms with Crippen LogP contribution in [0.15, 0.2) is 0 Å². The summed E-state index contributed by atoms with van der Waals surface area (Å²) in [4.78, 5) is 23.7. The minimum atomic E-state index is -4.75. The number of carbonyl (C=O) groups excluding carboxylic acids is 2. The van der Waals surface area contributed by atoms with Gasteiger partial charge in [-0.25, -0.2) is 0 Å². The van der Waals surface area contributed by atoms with Crippen LogP contribution in [0.1, 0.15) is 59.8 Å². The molecule has 0 rings (SSSR count). The third-order valence-corrected chi connectivity index (χ3v) is 5.30. The number of ether oxygens (including phenoxy) is 2. The molecule has 0 heterocycles. The van der Waals surface area contributed by atoms with Crippen LogP contribution in [0, 0.1) is 11.8 Å². The van der Waals surface area contributed by atoms with E-state index in [2.05, 4.69) is 0 Å². The molecule has 1 N–H and O–H groups in total. The summed E-state index contributed by atoms with van der Waals surface area (Å²) in [6, 6.07) is 0. The fourth-order valence-electron chi connectivity index (χ4n) is 2.07. The van der Waals surface area contributed by atoms with Gasteiger partial charge in [-0.2, -0.15) is 8.42 Å². The zero-order valence-corrected chi connectivity index (χ0v) is 15.8. The van der Waals surface area contributed by atoms with E-state index in [0.29, 0.717) is 0 Å². The molecule has 0 aliphatic heterocycles. The standard InChI is InChI=1S/C16H30O7S.Na.H/c1-5-12(6-2)10-22-15(17)9-14(24(19,20)21)16(18)23-11-13(7-3)8-4;;/h12-14H,5-11H2,1-4H3,(H,19,20,21);;. The molecule has 144 valence electrons. The van der Waals surface area contributed by atoms with Crippen molar-refractivity contribution < 1.29 is 32.0 Å². The second kappa shape index (κ2) is 14.0. The average molecular weight is 390 g/mol. The first-order valence-corrected chi connectivity index (χ1v) is 9.98. The number of esters is 2. The van der Waals surface area contributed by atoms with Crippen molar-refractivity contribution >= 4 is 51.6 Å². The summed E-state index contributed by atoms with van der Waals surface area (Å²) in [5.74, 6) is -1.68. The van der Waals surface area contributed by atoms with Gasteiger partial charge in [-0.3, -0.25) is 14.1 Å². The molecule has 0 amide bonds. The van der Waals surface area contributed by atoms with E-state index < -0.39 is 33.7 Å². The van der Waals surface area contributed by atoms with Gasteiger partial charge in [-0.15, -0.1) is 0 Å². The molecule has 0 aliphatic carbocycles. The summed E-state index contributed by atoms with van der Waals surface area (Å²) in [5.41, 5.74) is 0. The number of carbonyl (C=O) groups is 2. The molecule has 25 heavy (non-hydrogen) atoms. The van der Waals surface area contributed by atoms with E-state index in [1.165, 1.54) is 0 Å². The van der Waals surface area contributed by atoms with Crippen LogP contribution in [0.2, 0.25) is 0 Å². The van der Waals surface area contributed by atoms with Crippen molar-refractivity contribution in [3.05, 3.63) is 0 Å². The molecule has 1 unspecified atom stereocenters. The Bertz CT molecular complexity index is 485. The summed E-state index contributed by atoms with van der Waals surface area (Å²) >= 11 is 0. The summed E-state index contributed by atoms with van der Waals surface area (Å²) in [6.07, 6.45) is 2.45. The van der Waals surface area contributed by atoms with Crippen LogP contribution in [0.5, 0.6) is 0 Å². The van der Waals surface area contributed by atoms with Crippen LogP contribution in [-0.2, 0) is 29.2 Å². The molecule has 1 atom stereocenters. The Balaban J connectivity index is 0. The first-order chi connectivity index (χ1) is 11.2. The van der Waals surface area contributed by atoms with Gasteiger partial charge in [0.2, 0.25) is 0 Å². The van der Waals surface area contributed by atoms with Gasteiger partial charge in [0.15, 0.2) is 5.25 Å². The molecule has 0 aromatic carbocycles. The van der Waals surface area contributed by atoms with Gasteiger partial charge in [0, 0.05) is 0 Å². The van der Waals surface area contributed by atoms with Gasteiger partial charge >= 0.3 is 41.5 Å². The molecule has 9 heteroatoms. The Morgan fingerprint density at radius 3 is 1.64 bits per heavy atom. The van der Waals surface area contributed by atoms with Crippen LogP contribution in [0.3, 0.4) is 0 Å². The van der Waals surface area contributed by atoms with Crippen molar-refractivity contribution in [2.45, 2.75) is 65.0 Å². The maximum absolute atomic E-state index is 11.9. The number of rotatable bonds is 12. The third kappa shape index (κ3) is 11.2. The fraction of sp³-hybridized carbons (Fsp3) is 0.875. The van der Waals surface area contributed by atoms with Gasteiger partial charge in [-0.05, 0) is 11.8 Å². The van der Waals surface area contributed by atoms with Gasteiger partial charge in [0.05, 0.1) is 19.6 Å². The van der Waals surface area contributed by atoms with Crippen LogP contribution in [0.4, 0.5) is 0 Å². The normalized spacial score (nSPS) is 12.6. The molecule has 0 spiro atoms. The Morgan fingerprint density at radius 2 is 1.28 bits per heavy atom. The van der Waals surface area contributed by atoms with E-state index in [-0.39, 0.29) is 54.6 Å². The van der Waals surface area contributed by atoms with Crippen molar-refractivity contribution in [2.24, 2.45) is 11.8 Å². The summed E-state index contributed by atoms with van der Waals surface area (Å²) in [5, 5.41) is -1.94. The molecule has 0 saturated carbocycles. The van der Waals surface area contributed by atoms with Crippen LogP contribution in [-0.4, -0.2) is 72.9 Å². The Morgan fingerprint density at radius 1 is 0.880 bits per heavy atom. The molecular formula is C16H31NaO7S. The van der Waals surface area contributed by atoms with E-state index in [4.69, 9.17) is 9.47 Å². The maximum atomic E-state index is 11.9. The van der Waals surface area contributed by atoms with Crippen LogP contribution < -0.4 is 0 Å². The van der Waals surface area contributed by atoms with E-state index >= 15 is 0 Å².